The first-order valence-electron chi connectivity index (χ1n) is 9.74. The van der Waals surface area contributed by atoms with Gasteiger partial charge in [-0.05, 0) is 36.5 Å². The van der Waals surface area contributed by atoms with Crippen LogP contribution >= 0.6 is 0 Å². The van der Waals surface area contributed by atoms with Crippen molar-refractivity contribution in [2.75, 3.05) is 24.7 Å². The first kappa shape index (κ1) is 21.1. The predicted molar refractivity (Wildman–Crippen MR) is 104 cm³/mol. The average Bonchev–Trinajstić information content (AvgIpc) is 2.95. The van der Waals surface area contributed by atoms with Crippen LogP contribution in [-0.2, 0) is 25.5 Å². The zero-order valence-electron chi connectivity index (χ0n) is 16.5. The number of anilines is 1. The Balaban J connectivity index is 1.82. The molecule has 1 fully saturated rings. The topological polar surface area (TPSA) is 75.7 Å². The van der Waals surface area contributed by atoms with Gasteiger partial charge >= 0.3 is 0 Å². The Morgan fingerprint density at radius 1 is 1.22 bits per heavy atom. The number of benzene rings is 1. The minimum Gasteiger partial charge on any atom is -0.380 e. The van der Waals surface area contributed by atoms with E-state index in [0.29, 0.717) is 38.3 Å². The van der Waals surface area contributed by atoms with Gasteiger partial charge in [0.25, 0.3) is 0 Å². The van der Waals surface area contributed by atoms with Gasteiger partial charge in [-0.3, -0.25) is 19.3 Å². The number of carbonyl (C=O) groups excluding carboxylic acids is 3. The normalized spacial score (nSPS) is 17.0. The molecule has 0 saturated carbocycles. The quantitative estimate of drug-likeness (QED) is 0.505. The molecule has 3 amide bonds. The first-order chi connectivity index (χ1) is 12.9. The molecule has 0 aliphatic carbocycles. The summed E-state index contributed by atoms with van der Waals surface area (Å²) in [5, 5.41) is 2.83. The Morgan fingerprint density at radius 2 is 1.93 bits per heavy atom. The van der Waals surface area contributed by atoms with Gasteiger partial charge in [0.15, 0.2) is 0 Å². The maximum Gasteiger partial charge on any atom is 0.237 e. The molecule has 1 N–H and O–H groups in total. The lowest BCUT2D eigenvalue weighted by molar-refractivity contribution is -0.123. The Hall–Kier alpha value is -2.21. The van der Waals surface area contributed by atoms with Crippen LogP contribution in [-0.4, -0.2) is 37.5 Å². The number of ether oxygens (including phenoxy) is 1. The molecule has 0 spiro atoms. The Kier molecular flexibility index (Phi) is 7.98. The van der Waals surface area contributed by atoms with E-state index in [1.165, 1.54) is 4.90 Å². The average molecular weight is 374 g/mol. The highest BCUT2D eigenvalue weighted by atomic mass is 16.5. The van der Waals surface area contributed by atoms with Gasteiger partial charge in [0.1, 0.15) is 0 Å². The molecule has 27 heavy (non-hydrogen) atoms. The molecule has 1 aromatic rings. The zero-order chi connectivity index (χ0) is 19.8. The molecule has 1 aliphatic heterocycles. The van der Waals surface area contributed by atoms with E-state index in [2.05, 4.69) is 5.32 Å². The smallest absolute Gasteiger partial charge is 0.237 e. The van der Waals surface area contributed by atoms with Crippen LogP contribution in [0.15, 0.2) is 24.3 Å². The number of hydrogen-bond acceptors (Lipinski definition) is 4. The number of nitrogens with zero attached hydrogens (tertiary/aromatic N) is 1. The van der Waals surface area contributed by atoms with Crippen molar-refractivity contribution in [1.82, 2.24) is 5.32 Å². The van der Waals surface area contributed by atoms with Crippen LogP contribution in [0, 0.1) is 11.8 Å². The van der Waals surface area contributed by atoms with E-state index in [9.17, 15) is 14.4 Å². The van der Waals surface area contributed by atoms with Gasteiger partial charge in [-0.25, -0.2) is 0 Å². The van der Waals surface area contributed by atoms with Crippen LogP contribution < -0.4 is 10.2 Å². The fourth-order valence-electron chi connectivity index (χ4n) is 3.11. The van der Waals surface area contributed by atoms with Crippen molar-refractivity contribution in [3.05, 3.63) is 29.8 Å². The third-order valence-corrected chi connectivity index (χ3v) is 4.74. The third kappa shape index (κ3) is 5.89. The van der Waals surface area contributed by atoms with E-state index in [1.54, 1.807) is 12.1 Å². The van der Waals surface area contributed by atoms with Crippen molar-refractivity contribution in [1.29, 1.82) is 0 Å². The first-order valence-corrected chi connectivity index (χ1v) is 9.74. The summed E-state index contributed by atoms with van der Waals surface area (Å²) >= 11 is 0. The highest BCUT2D eigenvalue weighted by Gasteiger charge is 2.40. The number of carbonyl (C=O) groups is 3. The number of amides is 3. The van der Waals surface area contributed by atoms with E-state index in [4.69, 9.17) is 4.74 Å². The second-order valence-electron chi connectivity index (χ2n) is 7.25. The lowest BCUT2D eigenvalue weighted by atomic mass is 9.94. The van der Waals surface area contributed by atoms with Crippen LogP contribution in [0.1, 0.15) is 45.6 Å². The van der Waals surface area contributed by atoms with Gasteiger partial charge in [-0.15, -0.1) is 0 Å². The van der Waals surface area contributed by atoms with E-state index in [-0.39, 0.29) is 36.0 Å². The van der Waals surface area contributed by atoms with Crippen LogP contribution in [0.25, 0.3) is 0 Å². The maximum absolute atomic E-state index is 12.5. The van der Waals surface area contributed by atoms with Crippen LogP contribution in [0.5, 0.6) is 0 Å². The summed E-state index contributed by atoms with van der Waals surface area (Å²) in [5.41, 5.74) is 1.60. The predicted octanol–water partition coefficient (Wildman–Crippen LogP) is 2.70. The van der Waals surface area contributed by atoms with E-state index < -0.39 is 0 Å². The van der Waals surface area contributed by atoms with Gasteiger partial charge < -0.3 is 10.1 Å². The van der Waals surface area contributed by atoms with Gasteiger partial charge in [-0.2, -0.15) is 0 Å². The minimum absolute atomic E-state index is 0.0103. The largest absolute Gasteiger partial charge is 0.380 e. The highest BCUT2D eigenvalue weighted by molar-refractivity contribution is 6.21. The van der Waals surface area contributed by atoms with Crippen molar-refractivity contribution in [3.63, 3.8) is 0 Å². The summed E-state index contributed by atoms with van der Waals surface area (Å²) < 4.78 is 5.32. The number of hydrogen-bond donors (Lipinski definition) is 1. The molecule has 1 aliphatic rings. The standard InChI is InChI=1S/C21H30N2O4/c1-4-12-27-13-11-22-19(24)10-7-16-5-8-17(9-6-16)23-20(25)14-18(15(2)3)21(23)26/h5-6,8-9,15,18H,4,7,10-14H2,1-3H3,(H,22,24). The van der Waals surface area contributed by atoms with Crippen LogP contribution in [0.2, 0.25) is 0 Å². The minimum atomic E-state index is -0.234. The van der Waals surface area contributed by atoms with Crippen molar-refractivity contribution >= 4 is 23.4 Å². The molecule has 1 heterocycles. The van der Waals surface area contributed by atoms with E-state index >= 15 is 0 Å². The van der Waals surface area contributed by atoms with Gasteiger partial charge in [-0.1, -0.05) is 32.9 Å². The van der Waals surface area contributed by atoms with E-state index in [0.717, 1.165) is 12.0 Å². The Morgan fingerprint density at radius 3 is 2.52 bits per heavy atom. The fraction of sp³-hybridized carbons (Fsp3) is 0.571. The SMILES string of the molecule is CCCOCCNC(=O)CCc1ccc(N2C(=O)CC(C(C)C)C2=O)cc1. The highest BCUT2D eigenvalue weighted by Crippen LogP contribution is 2.30. The molecule has 6 nitrogen and oxygen atoms in total. The van der Waals surface area contributed by atoms with Crippen molar-refractivity contribution in [3.8, 4) is 0 Å². The summed E-state index contributed by atoms with van der Waals surface area (Å²) in [7, 11) is 0. The van der Waals surface area contributed by atoms with Crippen LogP contribution in [0.3, 0.4) is 0 Å². The number of rotatable bonds is 10. The molecule has 0 radical (unpaired) electrons. The zero-order valence-corrected chi connectivity index (χ0v) is 16.5. The van der Waals surface area contributed by atoms with Gasteiger partial charge in [0.05, 0.1) is 18.2 Å². The second kappa shape index (κ2) is 10.2. The van der Waals surface area contributed by atoms with Crippen molar-refractivity contribution < 1.29 is 19.1 Å². The number of aryl methyl sites for hydroxylation is 1. The fourth-order valence-corrected chi connectivity index (χ4v) is 3.11. The molecule has 148 valence electrons. The molecule has 1 unspecified atom stereocenters. The van der Waals surface area contributed by atoms with Gasteiger partial charge in [0, 0.05) is 26.0 Å². The Labute approximate surface area is 161 Å². The monoisotopic (exact) mass is 374 g/mol. The molecule has 0 aromatic heterocycles. The summed E-state index contributed by atoms with van der Waals surface area (Å²) in [6.45, 7) is 7.73. The number of nitrogens with one attached hydrogen (secondary N) is 1. The molecule has 0 bridgehead atoms. The molecule has 1 atom stereocenters. The summed E-state index contributed by atoms with van der Waals surface area (Å²) in [5.74, 6) is -0.355. The molecule has 2 rings (SSSR count). The summed E-state index contributed by atoms with van der Waals surface area (Å²) in [4.78, 5) is 37.8. The summed E-state index contributed by atoms with van der Waals surface area (Å²) in [6.07, 6.45) is 2.25. The lowest BCUT2D eigenvalue weighted by Gasteiger charge is -2.16. The molecular formula is C21H30N2O4. The summed E-state index contributed by atoms with van der Waals surface area (Å²) in [6, 6.07) is 7.31. The van der Waals surface area contributed by atoms with Crippen LogP contribution in [0.4, 0.5) is 5.69 Å². The maximum atomic E-state index is 12.5. The Bertz CT molecular complexity index is 655. The third-order valence-electron chi connectivity index (χ3n) is 4.74. The molecule has 1 saturated heterocycles. The molecule has 6 heteroatoms. The van der Waals surface area contributed by atoms with Crippen molar-refractivity contribution in [2.24, 2.45) is 11.8 Å². The molecular weight excluding hydrogens is 344 g/mol. The number of imide groups is 1. The van der Waals surface area contributed by atoms with Gasteiger partial charge in [0.2, 0.25) is 17.7 Å². The second-order valence-corrected chi connectivity index (χ2v) is 7.25. The van der Waals surface area contributed by atoms with Crippen molar-refractivity contribution in [2.45, 2.75) is 46.5 Å². The van der Waals surface area contributed by atoms with E-state index in [1.807, 2.05) is 32.9 Å². The molecule has 1 aromatic carbocycles. The lowest BCUT2D eigenvalue weighted by Crippen LogP contribution is -2.31.